The fourth-order valence-corrected chi connectivity index (χ4v) is 1.81. The molecule has 0 aromatic carbocycles. The summed E-state index contributed by atoms with van der Waals surface area (Å²) >= 11 is 0. The van der Waals surface area contributed by atoms with Crippen LogP contribution in [0.3, 0.4) is 0 Å². The monoisotopic (exact) mass is 269 g/mol. The third kappa shape index (κ3) is 2.51. The summed E-state index contributed by atoms with van der Waals surface area (Å²) in [5.74, 6) is -0.767. The number of hydrogen-bond donors (Lipinski definition) is 0. The Bertz CT molecular complexity index is 699. The van der Waals surface area contributed by atoms with E-state index in [4.69, 9.17) is 0 Å². The Kier molecular flexibility index (Phi) is 3.16. The van der Waals surface area contributed by atoms with Gasteiger partial charge in [-0.3, -0.25) is 9.97 Å². The van der Waals surface area contributed by atoms with Crippen LogP contribution in [-0.4, -0.2) is 15.0 Å². The summed E-state index contributed by atoms with van der Waals surface area (Å²) < 4.78 is 26.4. The molecule has 98 valence electrons. The van der Waals surface area contributed by atoms with Gasteiger partial charge >= 0.3 is 0 Å². The molecule has 0 bridgehead atoms. The first-order chi connectivity index (χ1) is 9.72. The summed E-state index contributed by atoms with van der Waals surface area (Å²) in [5, 5.41) is 0. The lowest BCUT2D eigenvalue weighted by Gasteiger charge is -2.04. The van der Waals surface area contributed by atoms with Gasteiger partial charge in [0, 0.05) is 24.5 Å². The maximum atomic E-state index is 13.2. The Balaban J connectivity index is 2.06. The van der Waals surface area contributed by atoms with E-state index < -0.39 is 0 Å². The number of hydrogen-bond acceptors (Lipinski definition) is 3. The lowest BCUT2D eigenvalue weighted by molar-refractivity contribution is 0.626. The Morgan fingerprint density at radius 3 is 1.60 bits per heavy atom. The lowest BCUT2D eigenvalue weighted by atomic mass is 10.2. The van der Waals surface area contributed by atoms with Crippen molar-refractivity contribution in [3.8, 4) is 22.8 Å². The van der Waals surface area contributed by atoms with E-state index in [2.05, 4.69) is 15.0 Å². The maximum Gasteiger partial charge on any atom is 0.126 e. The van der Waals surface area contributed by atoms with Crippen LogP contribution < -0.4 is 0 Å². The lowest BCUT2D eigenvalue weighted by Crippen LogP contribution is -1.92. The van der Waals surface area contributed by atoms with Crippen LogP contribution in [0.5, 0.6) is 0 Å². The van der Waals surface area contributed by atoms with Gasteiger partial charge in [0.05, 0.1) is 22.8 Å². The second-order valence-electron chi connectivity index (χ2n) is 4.13. The highest BCUT2D eigenvalue weighted by Crippen LogP contribution is 2.20. The molecule has 0 unspecified atom stereocenters. The normalized spacial score (nSPS) is 10.5. The van der Waals surface area contributed by atoms with Gasteiger partial charge in [0.25, 0.3) is 0 Å². The van der Waals surface area contributed by atoms with Gasteiger partial charge in [0.1, 0.15) is 11.6 Å². The smallest absolute Gasteiger partial charge is 0.126 e. The molecule has 5 heteroatoms. The van der Waals surface area contributed by atoms with E-state index >= 15 is 0 Å². The maximum absolute atomic E-state index is 13.2. The molecular formula is C15H9F2N3. The van der Waals surface area contributed by atoms with Crippen molar-refractivity contribution in [1.82, 2.24) is 15.0 Å². The molecule has 0 N–H and O–H groups in total. The largest absolute Gasteiger partial charge is 0.254 e. The number of pyridine rings is 3. The molecule has 3 heterocycles. The molecule has 0 spiro atoms. The minimum atomic E-state index is -0.383. The second kappa shape index (κ2) is 5.13. The van der Waals surface area contributed by atoms with Crippen LogP contribution in [0.1, 0.15) is 0 Å². The third-order valence-corrected chi connectivity index (χ3v) is 2.72. The Hall–Kier alpha value is -2.69. The highest BCUT2D eigenvalue weighted by Gasteiger charge is 2.06. The van der Waals surface area contributed by atoms with E-state index in [0.717, 1.165) is 0 Å². The van der Waals surface area contributed by atoms with Crippen molar-refractivity contribution in [2.45, 2.75) is 0 Å². The Morgan fingerprint density at radius 1 is 0.650 bits per heavy atom. The van der Waals surface area contributed by atoms with Crippen LogP contribution in [0.4, 0.5) is 8.78 Å². The van der Waals surface area contributed by atoms with Gasteiger partial charge in [-0.2, -0.15) is 0 Å². The van der Waals surface area contributed by atoms with E-state index in [1.165, 1.54) is 36.7 Å². The van der Waals surface area contributed by atoms with Gasteiger partial charge in [0.2, 0.25) is 0 Å². The quantitative estimate of drug-likeness (QED) is 0.715. The molecule has 0 atom stereocenters. The summed E-state index contributed by atoms with van der Waals surface area (Å²) in [6.45, 7) is 0. The van der Waals surface area contributed by atoms with Crippen molar-refractivity contribution in [1.29, 1.82) is 0 Å². The van der Waals surface area contributed by atoms with Crippen molar-refractivity contribution in [3.05, 3.63) is 66.5 Å². The van der Waals surface area contributed by atoms with Gasteiger partial charge in [-0.05, 0) is 24.3 Å². The standard InChI is InChI=1S/C15H9F2N3/c16-10-4-6-18-14(8-10)12-2-1-3-13(20-12)15-9-11(17)5-7-19-15/h1-9H. The first-order valence-corrected chi connectivity index (χ1v) is 5.93. The van der Waals surface area contributed by atoms with E-state index in [-0.39, 0.29) is 11.6 Å². The van der Waals surface area contributed by atoms with Gasteiger partial charge in [-0.15, -0.1) is 0 Å². The highest BCUT2D eigenvalue weighted by molar-refractivity contribution is 5.61. The van der Waals surface area contributed by atoms with Crippen molar-refractivity contribution < 1.29 is 8.78 Å². The molecule has 0 aliphatic carbocycles. The Labute approximate surface area is 114 Å². The van der Waals surface area contributed by atoms with Crippen molar-refractivity contribution in [2.75, 3.05) is 0 Å². The molecule has 20 heavy (non-hydrogen) atoms. The molecule has 0 aliphatic heterocycles. The summed E-state index contributed by atoms with van der Waals surface area (Å²) in [6, 6.07) is 10.3. The molecule has 0 radical (unpaired) electrons. The van der Waals surface area contributed by atoms with E-state index in [1.807, 2.05) is 0 Å². The summed E-state index contributed by atoms with van der Waals surface area (Å²) in [7, 11) is 0. The predicted molar refractivity (Wildman–Crippen MR) is 70.6 cm³/mol. The van der Waals surface area contributed by atoms with Gasteiger partial charge in [-0.1, -0.05) is 6.07 Å². The van der Waals surface area contributed by atoms with Gasteiger partial charge in [0.15, 0.2) is 0 Å². The molecule has 3 rings (SSSR count). The number of nitrogens with zero attached hydrogens (tertiary/aromatic N) is 3. The number of rotatable bonds is 2. The highest BCUT2D eigenvalue weighted by atomic mass is 19.1. The minimum absolute atomic E-state index is 0.383. The zero-order valence-electron chi connectivity index (χ0n) is 10.3. The number of halogens is 2. The van der Waals surface area contributed by atoms with E-state index in [9.17, 15) is 8.78 Å². The molecular weight excluding hydrogens is 260 g/mol. The van der Waals surface area contributed by atoms with E-state index in [0.29, 0.717) is 22.8 Å². The molecule has 0 saturated heterocycles. The summed E-state index contributed by atoms with van der Waals surface area (Å²) in [4.78, 5) is 12.5. The first kappa shape index (κ1) is 12.3. The average Bonchev–Trinajstić information content (AvgIpc) is 2.47. The number of aromatic nitrogens is 3. The fourth-order valence-electron chi connectivity index (χ4n) is 1.81. The zero-order chi connectivity index (χ0) is 13.9. The molecule has 3 aromatic heterocycles. The summed E-state index contributed by atoms with van der Waals surface area (Å²) in [5.41, 5.74) is 1.85. The molecule has 0 amide bonds. The van der Waals surface area contributed by atoms with E-state index in [1.54, 1.807) is 18.2 Å². The minimum Gasteiger partial charge on any atom is -0.254 e. The zero-order valence-corrected chi connectivity index (χ0v) is 10.3. The van der Waals surface area contributed by atoms with Crippen LogP contribution in [0.15, 0.2) is 54.9 Å². The molecule has 0 fully saturated rings. The molecule has 0 aliphatic rings. The summed E-state index contributed by atoms with van der Waals surface area (Å²) in [6.07, 6.45) is 2.75. The fraction of sp³-hybridized carbons (Fsp3) is 0. The van der Waals surface area contributed by atoms with Crippen LogP contribution in [-0.2, 0) is 0 Å². The van der Waals surface area contributed by atoms with Crippen LogP contribution in [0, 0.1) is 11.6 Å². The van der Waals surface area contributed by atoms with Gasteiger partial charge < -0.3 is 0 Å². The Morgan fingerprint density at radius 2 is 1.15 bits per heavy atom. The first-order valence-electron chi connectivity index (χ1n) is 5.93. The average molecular weight is 269 g/mol. The van der Waals surface area contributed by atoms with Crippen molar-refractivity contribution >= 4 is 0 Å². The third-order valence-electron chi connectivity index (χ3n) is 2.72. The predicted octanol–water partition coefficient (Wildman–Crippen LogP) is 3.48. The van der Waals surface area contributed by atoms with Crippen LogP contribution in [0.2, 0.25) is 0 Å². The van der Waals surface area contributed by atoms with Crippen LogP contribution in [0.25, 0.3) is 22.8 Å². The van der Waals surface area contributed by atoms with Crippen LogP contribution >= 0.6 is 0 Å². The van der Waals surface area contributed by atoms with Crippen molar-refractivity contribution in [2.24, 2.45) is 0 Å². The molecule has 3 nitrogen and oxygen atoms in total. The molecule has 3 aromatic rings. The SMILES string of the molecule is Fc1ccnc(-c2cccc(-c3cc(F)ccn3)n2)c1. The van der Waals surface area contributed by atoms with Gasteiger partial charge in [-0.25, -0.2) is 13.8 Å². The molecule has 0 saturated carbocycles. The second-order valence-corrected chi connectivity index (χ2v) is 4.13. The van der Waals surface area contributed by atoms with Crippen molar-refractivity contribution in [3.63, 3.8) is 0 Å². The topological polar surface area (TPSA) is 38.7 Å².